The maximum absolute atomic E-state index is 14.0. The molecule has 1 atom stereocenters. The van der Waals surface area contributed by atoms with Crippen LogP contribution in [-0.2, 0) is 39.4 Å². The molecule has 0 bridgehead atoms. The largest absolute Gasteiger partial charge is 0.461 e. The Kier molecular flexibility index (Phi) is 12.7. The summed E-state index contributed by atoms with van der Waals surface area (Å²) < 4.78 is 30.5. The number of rotatable bonds is 15. The third-order valence-electron chi connectivity index (χ3n) is 9.27. The van der Waals surface area contributed by atoms with Crippen LogP contribution in [0.2, 0.25) is 24.5 Å². The van der Waals surface area contributed by atoms with Gasteiger partial charge in [0, 0.05) is 6.61 Å². The topological polar surface area (TPSA) is 80.3 Å². The molecule has 1 aromatic rings. The monoisotopic (exact) mass is 618 g/mol. The van der Waals surface area contributed by atoms with Crippen LogP contribution < -0.4 is 0 Å². The van der Waals surface area contributed by atoms with Crippen LogP contribution in [0.15, 0.2) is 30.3 Å². The number of esters is 2. The molecule has 9 heteroatoms. The van der Waals surface area contributed by atoms with Gasteiger partial charge in [0.25, 0.3) is 0 Å². The zero-order valence-electron chi connectivity index (χ0n) is 29.2. The number of benzene rings is 1. The Labute approximate surface area is 263 Å². The second-order valence-corrected chi connectivity index (χ2v) is 20.6. The Hall–Kier alpha value is -1.68. The molecule has 43 heavy (non-hydrogen) atoms. The van der Waals surface area contributed by atoms with Gasteiger partial charge in [-0.15, -0.1) is 0 Å². The predicted molar refractivity (Wildman–Crippen MR) is 176 cm³/mol. The molecule has 1 fully saturated rings. The van der Waals surface area contributed by atoms with E-state index in [1.54, 1.807) is 0 Å². The number of carbonyl (C=O) groups is 2. The number of hydrogen-bond acceptors (Lipinski definition) is 7. The molecule has 1 aliphatic rings. The maximum atomic E-state index is 14.0. The lowest BCUT2D eigenvalue weighted by Crippen LogP contribution is -2.42. The molecule has 7 nitrogen and oxygen atoms in total. The number of unbranched alkanes of at least 4 members (excludes halogenated alkanes) is 1. The normalized spacial score (nSPS) is 18.3. The zero-order valence-corrected chi connectivity index (χ0v) is 30.2. The second-order valence-electron chi connectivity index (χ2n) is 15.7. The van der Waals surface area contributed by atoms with E-state index in [9.17, 15) is 9.59 Å². The lowest BCUT2D eigenvalue weighted by molar-refractivity contribution is -0.174. The van der Waals surface area contributed by atoms with Crippen LogP contribution in [0.3, 0.4) is 0 Å². The summed E-state index contributed by atoms with van der Waals surface area (Å²) in [5.41, 5.74) is -1.57. The van der Waals surface area contributed by atoms with Crippen LogP contribution in [0, 0.1) is 5.41 Å². The lowest BCUT2D eigenvalue weighted by Gasteiger charge is -2.37. The number of carbonyl (C=O) groups excluding carboxylic acids is 2. The van der Waals surface area contributed by atoms with Crippen molar-refractivity contribution >= 4 is 27.4 Å². The molecule has 1 aromatic carbocycles. The molecule has 0 radical (unpaired) electrons. The molecule has 0 N–H and O–H groups in total. The van der Waals surface area contributed by atoms with Gasteiger partial charge in [0.1, 0.15) is 12.2 Å². The first-order valence-electron chi connectivity index (χ1n) is 16.0. The van der Waals surface area contributed by atoms with Crippen LogP contribution >= 0.6 is 0 Å². The van der Waals surface area contributed by atoms with E-state index in [0.717, 1.165) is 18.4 Å². The van der Waals surface area contributed by atoms with Gasteiger partial charge in [0.15, 0.2) is 8.32 Å². The third-order valence-corrected chi connectivity index (χ3v) is 13.8. The average molecular weight is 619 g/mol. The van der Waals surface area contributed by atoms with Gasteiger partial charge in [-0.1, -0.05) is 63.9 Å². The Morgan fingerprint density at radius 1 is 0.860 bits per heavy atom. The van der Waals surface area contributed by atoms with Gasteiger partial charge in [-0.2, -0.15) is 0 Å². The molecule has 1 unspecified atom stereocenters. The SMILES string of the molecule is CC(C)(C)OC(=O)C(CCCCB1OC(C)(C)C(C)(C)O1)(CCCO[Si](C)(C)C(C)(C)C)CC(=O)OCc1ccccc1. The van der Waals surface area contributed by atoms with Crippen molar-refractivity contribution in [3.63, 3.8) is 0 Å². The average Bonchev–Trinajstić information content (AvgIpc) is 3.07. The summed E-state index contributed by atoms with van der Waals surface area (Å²) in [6.07, 6.45) is 3.82. The van der Waals surface area contributed by atoms with Crippen molar-refractivity contribution in [3.8, 4) is 0 Å². The van der Waals surface area contributed by atoms with Crippen molar-refractivity contribution in [2.24, 2.45) is 5.41 Å². The molecule has 0 aliphatic carbocycles. The van der Waals surface area contributed by atoms with Crippen molar-refractivity contribution in [2.75, 3.05) is 6.61 Å². The molecule has 0 saturated carbocycles. The summed E-state index contributed by atoms with van der Waals surface area (Å²) in [5.74, 6) is -0.745. The number of hydrogen-bond donors (Lipinski definition) is 0. The Balaban J connectivity index is 2.20. The first-order valence-corrected chi connectivity index (χ1v) is 18.9. The third kappa shape index (κ3) is 11.3. The van der Waals surface area contributed by atoms with Crippen LogP contribution in [0.4, 0.5) is 0 Å². The molecule has 1 heterocycles. The van der Waals surface area contributed by atoms with E-state index in [1.165, 1.54) is 0 Å². The van der Waals surface area contributed by atoms with Gasteiger partial charge in [-0.25, -0.2) is 0 Å². The van der Waals surface area contributed by atoms with Gasteiger partial charge in [0.2, 0.25) is 0 Å². The zero-order chi connectivity index (χ0) is 32.7. The van der Waals surface area contributed by atoms with Crippen molar-refractivity contribution in [1.29, 1.82) is 0 Å². The summed E-state index contributed by atoms with van der Waals surface area (Å²) in [6.45, 7) is 25.6. The molecule has 1 aliphatic heterocycles. The molecule has 244 valence electrons. The van der Waals surface area contributed by atoms with Crippen molar-refractivity contribution in [2.45, 2.75) is 156 Å². The van der Waals surface area contributed by atoms with Gasteiger partial charge in [0.05, 0.1) is 23.0 Å². The van der Waals surface area contributed by atoms with Gasteiger partial charge in [-0.05, 0) is 97.7 Å². The molecule has 2 rings (SSSR count). The molecular weight excluding hydrogens is 559 g/mol. The van der Waals surface area contributed by atoms with E-state index < -0.39 is 25.3 Å². The molecule has 1 saturated heterocycles. The highest BCUT2D eigenvalue weighted by atomic mass is 28.4. The number of ether oxygens (including phenoxy) is 2. The minimum atomic E-state index is -1.95. The standard InChI is InChI=1S/C34H59BO7Si/c1-30(2,3)40-29(37)34(22-18-24-39-43(11,12)31(4,5)6,25-28(36)38-26-27-19-14-13-15-20-27)21-16-17-23-35-41-32(7,8)33(9,10)42-35/h13-15,19-20H,16-18,21-26H2,1-12H3. The minimum absolute atomic E-state index is 0.0364. The minimum Gasteiger partial charge on any atom is -0.461 e. The smallest absolute Gasteiger partial charge is 0.457 e. The fourth-order valence-corrected chi connectivity index (χ4v) is 5.93. The van der Waals surface area contributed by atoms with E-state index in [1.807, 2.05) is 78.8 Å². The van der Waals surface area contributed by atoms with E-state index in [4.69, 9.17) is 23.2 Å². The van der Waals surface area contributed by atoms with E-state index in [2.05, 4.69) is 33.9 Å². The van der Waals surface area contributed by atoms with Gasteiger partial charge < -0.3 is 23.2 Å². The predicted octanol–water partition coefficient (Wildman–Crippen LogP) is 8.51. The molecular formula is C34H59BO7Si. The van der Waals surface area contributed by atoms with E-state index in [-0.39, 0.29) is 42.4 Å². The van der Waals surface area contributed by atoms with Gasteiger partial charge >= 0.3 is 19.1 Å². The van der Waals surface area contributed by atoms with Crippen molar-refractivity contribution in [1.82, 2.24) is 0 Å². The second kappa shape index (κ2) is 14.6. The summed E-state index contributed by atoms with van der Waals surface area (Å²) in [5, 5.41) is 0.0873. The summed E-state index contributed by atoms with van der Waals surface area (Å²) in [6, 6.07) is 9.59. The van der Waals surface area contributed by atoms with Crippen molar-refractivity contribution in [3.05, 3.63) is 35.9 Å². The maximum Gasteiger partial charge on any atom is 0.457 e. The van der Waals surface area contributed by atoms with E-state index in [0.29, 0.717) is 32.2 Å². The molecule has 0 spiro atoms. The Morgan fingerprint density at radius 3 is 1.95 bits per heavy atom. The highest BCUT2D eigenvalue weighted by Crippen LogP contribution is 2.41. The van der Waals surface area contributed by atoms with Crippen molar-refractivity contribution < 1.29 is 32.8 Å². The van der Waals surface area contributed by atoms with Crippen LogP contribution in [-0.4, -0.2) is 50.8 Å². The van der Waals surface area contributed by atoms with E-state index >= 15 is 0 Å². The van der Waals surface area contributed by atoms with Crippen LogP contribution in [0.5, 0.6) is 0 Å². The molecule has 0 amide bonds. The van der Waals surface area contributed by atoms with Crippen LogP contribution in [0.1, 0.15) is 113 Å². The first kappa shape index (κ1) is 37.5. The van der Waals surface area contributed by atoms with Crippen LogP contribution in [0.25, 0.3) is 0 Å². The summed E-state index contributed by atoms with van der Waals surface area (Å²) in [7, 11) is -2.25. The first-order chi connectivity index (χ1) is 19.6. The Morgan fingerprint density at radius 2 is 1.42 bits per heavy atom. The van der Waals surface area contributed by atoms with Gasteiger partial charge in [-0.3, -0.25) is 9.59 Å². The fourth-order valence-electron chi connectivity index (χ4n) is 4.84. The quantitative estimate of drug-likeness (QED) is 0.111. The molecule has 0 aromatic heterocycles. The summed E-state index contributed by atoms with van der Waals surface area (Å²) >= 11 is 0. The lowest BCUT2D eigenvalue weighted by atomic mass is 9.74. The Bertz CT molecular complexity index is 1030. The summed E-state index contributed by atoms with van der Waals surface area (Å²) in [4.78, 5) is 27.3. The highest BCUT2D eigenvalue weighted by molar-refractivity contribution is 6.74. The highest BCUT2D eigenvalue weighted by Gasteiger charge is 2.51. The fraction of sp³-hybridized carbons (Fsp3) is 0.765.